The Morgan fingerprint density at radius 2 is 1.96 bits per heavy atom. The van der Waals surface area contributed by atoms with E-state index in [2.05, 4.69) is 5.32 Å². The monoisotopic (exact) mass is 318 g/mol. The molecule has 0 radical (unpaired) electrons. The number of benzene rings is 1. The number of nitrogens with one attached hydrogen (secondary N) is 1. The van der Waals surface area contributed by atoms with E-state index < -0.39 is 6.10 Å². The number of rotatable bonds is 4. The van der Waals surface area contributed by atoms with E-state index in [0.29, 0.717) is 25.9 Å². The average molecular weight is 318 g/mol. The molecule has 1 aromatic carbocycles. The fourth-order valence-electron chi connectivity index (χ4n) is 2.81. The summed E-state index contributed by atoms with van der Waals surface area (Å²) in [6.07, 6.45) is -0.0550. The summed E-state index contributed by atoms with van der Waals surface area (Å²) in [5.74, 6) is -0.515. The highest BCUT2D eigenvalue weighted by Crippen LogP contribution is 2.21. The lowest BCUT2D eigenvalue weighted by molar-refractivity contribution is -0.135. The minimum absolute atomic E-state index is 0.0436. The lowest BCUT2D eigenvalue weighted by atomic mass is 9.99. The maximum absolute atomic E-state index is 12.3. The highest BCUT2D eigenvalue weighted by atomic mass is 16.3. The smallest absolute Gasteiger partial charge is 0.249 e. The molecule has 1 saturated heterocycles. The minimum Gasteiger partial charge on any atom is -0.383 e. The van der Waals surface area contributed by atoms with E-state index in [4.69, 9.17) is 0 Å². The van der Waals surface area contributed by atoms with Crippen LogP contribution in [0, 0.1) is 5.92 Å². The van der Waals surface area contributed by atoms with Crippen LogP contribution in [0.15, 0.2) is 30.3 Å². The van der Waals surface area contributed by atoms with Crippen LogP contribution in [0.1, 0.15) is 32.8 Å². The molecule has 1 unspecified atom stereocenters. The van der Waals surface area contributed by atoms with Gasteiger partial charge < -0.3 is 15.3 Å². The van der Waals surface area contributed by atoms with Gasteiger partial charge in [-0.25, -0.2) is 0 Å². The van der Waals surface area contributed by atoms with Crippen molar-refractivity contribution >= 4 is 11.8 Å². The molecule has 2 amide bonds. The number of hydrogen-bond donors (Lipinski definition) is 2. The molecule has 0 aromatic heterocycles. The second kappa shape index (κ2) is 7.13. The van der Waals surface area contributed by atoms with Crippen molar-refractivity contribution in [2.75, 3.05) is 13.1 Å². The molecule has 1 aromatic rings. The minimum atomic E-state index is -1.07. The van der Waals surface area contributed by atoms with Gasteiger partial charge in [-0.15, -0.1) is 0 Å². The molecular formula is C18H26N2O3. The Hall–Kier alpha value is -1.88. The zero-order chi connectivity index (χ0) is 17.0. The quantitative estimate of drug-likeness (QED) is 0.880. The van der Waals surface area contributed by atoms with E-state index in [1.807, 2.05) is 51.1 Å². The first-order valence-electron chi connectivity index (χ1n) is 8.08. The van der Waals surface area contributed by atoms with Gasteiger partial charge in [0.1, 0.15) is 6.10 Å². The Labute approximate surface area is 137 Å². The summed E-state index contributed by atoms with van der Waals surface area (Å²) in [6.45, 7) is 6.66. The van der Waals surface area contributed by atoms with Gasteiger partial charge in [0.2, 0.25) is 11.8 Å². The lowest BCUT2D eigenvalue weighted by Gasteiger charge is -2.25. The van der Waals surface area contributed by atoms with Crippen LogP contribution < -0.4 is 5.32 Å². The first-order valence-corrected chi connectivity index (χ1v) is 8.08. The summed E-state index contributed by atoms with van der Waals surface area (Å²) >= 11 is 0. The van der Waals surface area contributed by atoms with Gasteiger partial charge in [0.05, 0.1) is 6.42 Å². The van der Waals surface area contributed by atoms with Crippen molar-refractivity contribution < 1.29 is 14.7 Å². The molecule has 0 saturated carbocycles. The second-order valence-electron chi connectivity index (χ2n) is 7.23. The predicted molar refractivity (Wildman–Crippen MR) is 88.7 cm³/mol. The zero-order valence-corrected chi connectivity index (χ0v) is 14.1. The standard InChI is InChI=1S/C18H26N2O3/c1-18(2,3)19-17(23)16(22)14-9-10-20(12-14)15(21)11-13-7-5-4-6-8-13/h4-8,14,16,22H,9-12H2,1-3H3,(H,19,23)/t14-,16?/m1/s1. The topological polar surface area (TPSA) is 69.6 Å². The van der Waals surface area contributed by atoms with Crippen LogP contribution in [0.3, 0.4) is 0 Å². The fourth-order valence-corrected chi connectivity index (χ4v) is 2.81. The number of carbonyl (C=O) groups is 2. The highest BCUT2D eigenvalue weighted by Gasteiger charge is 2.35. The molecule has 2 rings (SSSR count). The van der Waals surface area contributed by atoms with Crippen LogP contribution in [0.25, 0.3) is 0 Å². The Morgan fingerprint density at radius 3 is 2.57 bits per heavy atom. The van der Waals surface area contributed by atoms with Gasteiger partial charge in [-0.3, -0.25) is 9.59 Å². The molecule has 126 valence electrons. The Balaban J connectivity index is 1.88. The molecule has 1 aliphatic heterocycles. The van der Waals surface area contributed by atoms with Gasteiger partial charge in [-0.05, 0) is 32.8 Å². The molecule has 0 aliphatic carbocycles. The van der Waals surface area contributed by atoms with Crippen molar-refractivity contribution in [3.63, 3.8) is 0 Å². The fraction of sp³-hybridized carbons (Fsp3) is 0.556. The van der Waals surface area contributed by atoms with Gasteiger partial charge in [-0.2, -0.15) is 0 Å². The van der Waals surface area contributed by atoms with Crippen LogP contribution in [0.4, 0.5) is 0 Å². The number of aliphatic hydroxyl groups excluding tert-OH is 1. The van der Waals surface area contributed by atoms with E-state index in [9.17, 15) is 14.7 Å². The summed E-state index contributed by atoms with van der Waals surface area (Å²) in [5.41, 5.74) is 0.603. The van der Waals surface area contributed by atoms with Gasteiger partial charge in [0.25, 0.3) is 0 Å². The number of nitrogens with zero attached hydrogens (tertiary/aromatic N) is 1. The van der Waals surface area contributed by atoms with Crippen molar-refractivity contribution in [3.8, 4) is 0 Å². The molecule has 1 aliphatic rings. The van der Waals surface area contributed by atoms with Crippen molar-refractivity contribution in [1.29, 1.82) is 0 Å². The number of aliphatic hydroxyl groups is 1. The van der Waals surface area contributed by atoms with Gasteiger partial charge in [0, 0.05) is 24.5 Å². The van der Waals surface area contributed by atoms with Gasteiger partial charge in [-0.1, -0.05) is 30.3 Å². The van der Waals surface area contributed by atoms with Crippen molar-refractivity contribution in [1.82, 2.24) is 10.2 Å². The molecule has 0 spiro atoms. The van der Waals surface area contributed by atoms with E-state index >= 15 is 0 Å². The van der Waals surface area contributed by atoms with Crippen LogP contribution >= 0.6 is 0 Å². The third kappa shape index (κ3) is 5.06. The van der Waals surface area contributed by atoms with Crippen LogP contribution in [-0.2, 0) is 16.0 Å². The number of hydrogen-bond acceptors (Lipinski definition) is 3. The zero-order valence-electron chi connectivity index (χ0n) is 14.1. The van der Waals surface area contributed by atoms with Crippen molar-refractivity contribution in [2.24, 2.45) is 5.92 Å². The molecular weight excluding hydrogens is 292 g/mol. The SMILES string of the molecule is CC(C)(C)NC(=O)C(O)[C@@H]1CCN(C(=O)Cc2ccccc2)C1. The van der Waals surface area contributed by atoms with Crippen LogP contribution in [0.2, 0.25) is 0 Å². The molecule has 5 nitrogen and oxygen atoms in total. The lowest BCUT2D eigenvalue weighted by Crippen LogP contribution is -2.48. The first-order chi connectivity index (χ1) is 10.8. The number of likely N-dealkylation sites (tertiary alicyclic amines) is 1. The second-order valence-corrected chi connectivity index (χ2v) is 7.23. The summed E-state index contributed by atoms with van der Waals surface area (Å²) < 4.78 is 0. The largest absolute Gasteiger partial charge is 0.383 e. The third-order valence-corrected chi connectivity index (χ3v) is 3.99. The summed E-state index contributed by atoms with van der Waals surface area (Å²) in [4.78, 5) is 26.1. The van der Waals surface area contributed by atoms with E-state index in [1.54, 1.807) is 4.90 Å². The van der Waals surface area contributed by atoms with E-state index in [0.717, 1.165) is 5.56 Å². The molecule has 23 heavy (non-hydrogen) atoms. The number of carbonyl (C=O) groups excluding carboxylic acids is 2. The molecule has 2 N–H and O–H groups in total. The molecule has 1 fully saturated rings. The predicted octanol–water partition coefficient (Wildman–Crippen LogP) is 1.35. The average Bonchev–Trinajstić information content (AvgIpc) is 2.95. The highest BCUT2D eigenvalue weighted by molar-refractivity contribution is 5.82. The third-order valence-electron chi connectivity index (χ3n) is 3.99. The Bertz CT molecular complexity index is 551. The number of amides is 2. The molecule has 1 heterocycles. The molecule has 0 bridgehead atoms. The summed E-state index contributed by atoms with van der Waals surface area (Å²) in [6, 6.07) is 9.60. The van der Waals surface area contributed by atoms with Crippen molar-refractivity contribution in [2.45, 2.75) is 45.3 Å². The molecule has 5 heteroatoms. The first kappa shape index (κ1) is 17.5. The van der Waals surface area contributed by atoms with Gasteiger partial charge >= 0.3 is 0 Å². The van der Waals surface area contributed by atoms with E-state index in [1.165, 1.54) is 0 Å². The summed E-state index contributed by atoms with van der Waals surface area (Å²) in [7, 11) is 0. The Morgan fingerprint density at radius 1 is 1.30 bits per heavy atom. The van der Waals surface area contributed by atoms with Gasteiger partial charge in [0.15, 0.2) is 0 Å². The van der Waals surface area contributed by atoms with Crippen molar-refractivity contribution in [3.05, 3.63) is 35.9 Å². The Kier molecular flexibility index (Phi) is 5.42. The maximum Gasteiger partial charge on any atom is 0.249 e. The van der Waals surface area contributed by atoms with E-state index in [-0.39, 0.29) is 23.3 Å². The molecule has 2 atom stereocenters. The summed E-state index contributed by atoms with van der Waals surface area (Å²) in [5, 5.41) is 13.0. The normalized spacial score (nSPS) is 19.5. The van der Waals surface area contributed by atoms with Crippen LogP contribution in [-0.4, -0.2) is 46.6 Å². The van der Waals surface area contributed by atoms with Crippen LogP contribution in [0.5, 0.6) is 0 Å². The maximum atomic E-state index is 12.3.